The van der Waals surface area contributed by atoms with Crippen LogP contribution < -0.4 is 4.74 Å². The van der Waals surface area contributed by atoms with Crippen molar-refractivity contribution in [1.29, 1.82) is 0 Å². The average Bonchev–Trinajstić information content (AvgIpc) is 2.53. The first-order chi connectivity index (χ1) is 11.2. The van der Waals surface area contributed by atoms with E-state index in [1.54, 1.807) is 18.2 Å². The van der Waals surface area contributed by atoms with Crippen LogP contribution in [0, 0.1) is 0 Å². The molecule has 0 bridgehead atoms. The summed E-state index contributed by atoms with van der Waals surface area (Å²) in [5, 5.41) is 39.6. The molecule has 1 saturated heterocycles. The van der Waals surface area contributed by atoms with Crippen molar-refractivity contribution < 1.29 is 38.3 Å². The van der Waals surface area contributed by atoms with E-state index in [0.717, 1.165) is 11.7 Å². The van der Waals surface area contributed by atoms with E-state index < -0.39 is 47.2 Å². The summed E-state index contributed by atoms with van der Waals surface area (Å²) in [5.41, 5.74) is 0.417. The van der Waals surface area contributed by atoms with Gasteiger partial charge in [0.2, 0.25) is 6.29 Å². The molecule has 1 aliphatic heterocycles. The van der Waals surface area contributed by atoms with Crippen LogP contribution in [0.4, 0.5) is 0 Å². The highest BCUT2D eigenvalue weighted by atomic mass is 32.2. The fourth-order valence-electron chi connectivity index (χ4n) is 2.21. The van der Waals surface area contributed by atoms with Crippen LogP contribution in [0.1, 0.15) is 5.56 Å². The molecule has 5 atom stereocenters. The molecule has 9 heteroatoms. The Morgan fingerprint density at radius 1 is 1.17 bits per heavy atom. The zero-order valence-electron chi connectivity index (χ0n) is 12.9. The number of aliphatic hydroxyl groups is 4. The van der Waals surface area contributed by atoms with Crippen molar-refractivity contribution in [2.75, 3.05) is 12.9 Å². The molecule has 2 rings (SSSR count). The second kappa shape index (κ2) is 7.60. The highest BCUT2D eigenvalue weighted by Crippen LogP contribution is 2.27. The van der Waals surface area contributed by atoms with Crippen molar-refractivity contribution >= 4 is 15.9 Å². The summed E-state index contributed by atoms with van der Waals surface area (Å²) >= 11 is 0. The Hall–Kier alpha value is -1.49. The monoisotopic (exact) mass is 360 g/mol. The quantitative estimate of drug-likeness (QED) is 0.519. The van der Waals surface area contributed by atoms with E-state index in [1.807, 2.05) is 0 Å². The lowest BCUT2D eigenvalue weighted by atomic mass is 9.99. The fraction of sp³-hybridized carbons (Fsp3) is 0.467. The number of rotatable bonds is 5. The Labute approximate surface area is 139 Å². The topological polar surface area (TPSA) is 134 Å². The third-order valence-electron chi connectivity index (χ3n) is 3.51. The van der Waals surface area contributed by atoms with Crippen molar-refractivity contribution in [3.8, 4) is 5.75 Å². The number of aliphatic hydroxyl groups excluding tert-OH is 4. The molecule has 1 aromatic rings. The van der Waals surface area contributed by atoms with Gasteiger partial charge < -0.3 is 29.9 Å². The third-order valence-corrected chi connectivity index (χ3v) is 4.14. The standard InChI is InChI=1S/C15H20O8S/c1-24(20,21)7-6-9-4-2-3-5-10(9)22-15-14(19)13(18)12(17)11(8-16)23-15/h2-7,11-19H,8H2,1H3/b7-6+. The van der Waals surface area contributed by atoms with Gasteiger partial charge in [-0.05, 0) is 12.1 Å². The van der Waals surface area contributed by atoms with Crippen molar-refractivity contribution in [2.24, 2.45) is 0 Å². The van der Waals surface area contributed by atoms with Crippen LogP contribution in [0.5, 0.6) is 5.75 Å². The maximum atomic E-state index is 11.2. The van der Waals surface area contributed by atoms with Crippen molar-refractivity contribution in [3.63, 3.8) is 0 Å². The maximum Gasteiger partial charge on any atom is 0.229 e. The second-order valence-electron chi connectivity index (χ2n) is 5.49. The maximum absolute atomic E-state index is 11.2. The molecule has 0 radical (unpaired) electrons. The molecule has 24 heavy (non-hydrogen) atoms. The molecule has 1 aromatic carbocycles. The highest BCUT2D eigenvalue weighted by molar-refractivity contribution is 7.93. The Bertz CT molecular complexity index is 684. The van der Waals surface area contributed by atoms with Crippen molar-refractivity contribution in [2.45, 2.75) is 30.7 Å². The number of para-hydroxylation sites is 1. The van der Waals surface area contributed by atoms with Crippen LogP contribution in [0.15, 0.2) is 29.7 Å². The van der Waals surface area contributed by atoms with Crippen LogP contribution in [0.3, 0.4) is 0 Å². The molecule has 1 heterocycles. The van der Waals surface area contributed by atoms with Gasteiger partial charge in [0.05, 0.1) is 6.61 Å². The van der Waals surface area contributed by atoms with Crippen LogP contribution in [-0.4, -0.2) is 72.4 Å². The normalized spacial score (nSPS) is 31.3. The molecule has 0 saturated carbocycles. The van der Waals surface area contributed by atoms with Crippen LogP contribution in [0.2, 0.25) is 0 Å². The van der Waals surface area contributed by atoms with E-state index in [0.29, 0.717) is 5.56 Å². The molecule has 8 nitrogen and oxygen atoms in total. The zero-order valence-corrected chi connectivity index (χ0v) is 13.7. The summed E-state index contributed by atoms with van der Waals surface area (Å²) in [6, 6.07) is 6.43. The molecule has 1 aliphatic rings. The van der Waals surface area contributed by atoms with E-state index in [9.17, 15) is 23.7 Å². The third kappa shape index (κ3) is 4.53. The van der Waals surface area contributed by atoms with Gasteiger partial charge in [-0.25, -0.2) is 8.42 Å². The number of hydrogen-bond donors (Lipinski definition) is 4. The summed E-state index contributed by atoms with van der Waals surface area (Å²) in [4.78, 5) is 0. The first-order valence-electron chi connectivity index (χ1n) is 7.17. The summed E-state index contributed by atoms with van der Waals surface area (Å²) in [5.74, 6) is 0.210. The number of hydrogen-bond acceptors (Lipinski definition) is 8. The number of benzene rings is 1. The molecular formula is C15H20O8S. The van der Waals surface area contributed by atoms with Crippen molar-refractivity contribution in [3.05, 3.63) is 35.2 Å². The minimum atomic E-state index is -3.33. The molecule has 1 fully saturated rings. The lowest BCUT2D eigenvalue weighted by Crippen LogP contribution is -2.60. The average molecular weight is 360 g/mol. The SMILES string of the molecule is CS(=O)(=O)/C=C/c1ccccc1OC1OC(CO)C(O)C(O)C1O. The van der Waals surface area contributed by atoms with Gasteiger partial charge in [-0.2, -0.15) is 0 Å². The summed E-state index contributed by atoms with van der Waals surface area (Å²) in [7, 11) is -3.33. The van der Waals surface area contributed by atoms with E-state index in [2.05, 4.69) is 0 Å². The van der Waals surface area contributed by atoms with Gasteiger partial charge in [-0.1, -0.05) is 18.2 Å². The van der Waals surface area contributed by atoms with E-state index >= 15 is 0 Å². The Balaban J connectivity index is 2.23. The van der Waals surface area contributed by atoms with Crippen LogP contribution >= 0.6 is 0 Å². The number of sulfone groups is 1. The van der Waals surface area contributed by atoms with Gasteiger partial charge >= 0.3 is 0 Å². The molecule has 0 amide bonds. The molecule has 0 spiro atoms. The predicted octanol–water partition coefficient (Wildman–Crippen LogP) is -1.12. The van der Waals surface area contributed by atoms with Crippen LogP contribution in [0.25, 0.3) is 6.08 Å². The minimum Gasteiger partial charge on any atom is -0.461 e. The van der Waals surface area contributed by atoms with Gasteiger partial charge in [0.25, 0.3) is 0 Å². The van der Waals surface area contributed by atoms with Crippen molar-refractivity contribution in [1.82, 2.24) is 0 Å². The molecule has 0 aromatic heterocycles. The van der Waals surface area contributed by atoms with E-state index in [1.165, 1.54) is 12.1 Å². The first kappa shape index (κ1) is 18.8. The second-order valence-corrected chi connectivity index (χ2v) is 7.42. The largest absolute Gasteiger partial charge is 0.461 e. The Morgan fingerprint density at radius 3 is 2.46 bits per heavy atom. The predicted molar refractivity (Wildman–Crippen MR) is 84.7 cm³/mol. The van der Waals surface area contributed by atoms with Gasteiger partial charge in [0, 0.05) is 17.2 Å². The van der Waals surface area contributed by atoms with E-state index in [4.69, 9.17) is 14.6 Å². The summed E-state index contributed by atoms with van der Waals surface area (Å²) in [6.45, 7) is -0.569. The summed E-state index contributed by atoms with van der Waals surface area (Å²) < 4.78 is 33.3. The number of ether oxygens (including phenoxy) is 2. The first-order valence-corrected chi connectivity index (χ1v) is 9.12. The molecule has 5 unspecified atom stereocenters. The minimum absolute atomic E-state index is 0.210. The molecule has 0 aliphatic carbocycles. The van der Waals surface area contributed by atoms with Gasteiger partial charge in [-0.3, -0.25) is 0 Å². The molecule has 134 valence electrons. The van der Waals surface area contributed by atoms with Gasteiger partial charge in [0.15, 0.2) is 9.84 Å². The smallest absolute Gasteiger partial charge is 0.229 e. The van der Waals surface area contributed by atoms with Gasteiger partial charge in [0.1, 0.15) is 30.2 Å². The zero-order chi connectivity index (χ0) is 17.9. The summed E-state index contributed by atoms with van der Waals surface area (Å²) in [6.07, 6.45) is -4.64. The van der Waals surface area contributed by atoms with Gasteiger partial charge in [-0.15, -0.1) is 0 Å². The lowest BCUT2D eigenvalue weighted by molar-refractivity contribution is -0.277. The highest BCUT2D eigenvalue weighted by Gasteiger charge is 2.44. The molecule has 4 N–H and O–H groups in total. The lowest BCUT2D eigenvalue weighted by Gasteiger charge is -2.39. The van der Waals surface area contributed by atoms with E-state index in [-0.39, 0.29) is 5.75 Å². The Morgan fingerprint density at radius 2 is 1.83 bits per heavy atom. The van der Waals surface area contributed by atoms with Crippen LogP contribution in [-0.2, 0) is 14.6 Å². The fourth-order valence-corrected chi connectivity index (χ4v) is 2.61. The molecular weight excluding hydrogens is 340 g/mol. The Kier molecular flexibility index (Phi) is 5.97.